The van der Waals surface area contributed by atoms with E-state index in [2.05, 4.69) is 9.97 Å². The third-order valence-electron chi connectivity index (χ3n) is 3.08. The van der Waals surface area contributed by atoms with Gasteiger partial charge in [-0.1, -0.05) is 11.6 Å². The molecule has 0 amide bonds. The maximum absolute atomic E-state index is 11.1. The molecule has 0 radical (unpaired) electrons. The van der Waals surface area contributed by atoms with Crippen molar-refractivity contribution in [2.75, 3.05) is 19.8 Å². The van der Waals surface area contributed by atoms with Crippen molar-refractivity contribution in [3.63, 3.8) is 0 Å². The Labute approximate surface area is 115 Å². The highest BCUT2D eigenvalue weighted by atomic mass is 35.5. The number of hydrogen-bond donors (Lipinski definition) is 1. The molecule has 0 spiro atoms. The molecule has 1 aromatic rings. The second kappa shape index (κ2) is 5.81. The van der Waals surface area contributed by atoms with Crippen LogP contribution in [0.2, 0.25) is 5.02 Å². The zero-order valence-electron chi connectivity index (χ0n) is 10.6. The topological polar surface area (TPSA) is 81.5 Å². The van der Waals surface area contributed by atoms with Gasteiger partial charge in [0, 0.05) is 32.7 Å². The fourth-order valence-corrected chi connectivity index (χ4v) is 2.32. The van der Waals surface area contributed by atoms with Crippen LogP contribution in [0, 0.1) is 0 Å². The third-order valence-corrected chi connectivity index (χ3v) is 3.35. The van der Waals surface area contributed by atoms with Crippen LogP contribution in [0.5, 0.6) is 0 Å². The Morgan fingerprint density at radius 1 is 1.58 bits per heavy atom. The van der Waals surface area contributed by atoms with Crippen LogP contribution in [-0.2, 0) is 15.1 Å². The summed E-state index contributed by atoms with van der Waals surface area (Å²) in [7, 11) is 0. The van der Waals surface area contributed by atoms with Gasteiger partial charge in [0.25, 0.3) is 0 Å². The summed E-state index contributed by atoms with van der Waals surface area (Å²) in [6, 6.07) is 0. The Morgan fingerprint density at radius 3 is 2.84 bits per heavy atom. The fraction of sp³-hybridized carbons (Fsp3) is 0.583. The van der Waals surface area contributed by atoms with E-state index in [1.54, 1.807) is 0 Å². The van der Waals surface area contributed by atoms with E-state index in [4.69, 9.17) is 26.2 Å². The molecule has 0 atom stereocenters. The standard InChI is InChI=1S/C12H15ClN2O4/c1-2-19-12(3-5-18-6-4-12)11-14-7-8(13)9(15-11)10(16)17/h7H,2-6H2,1H3,(H,16,17). The first kappa shape index (κ1) is 14.2. The van der Waals surface area contributed by atoms with Gasteiger partial charge in [-0.2, -0.15) is 0 Å². The minimum atomic E-state index is -1.17. The second-order valence-electron chi connectivity index (χ2n) is 4.23. The highest BCUT2D eigenvalue weighted by Gasteiger charge is 2.38. The van der Waals surface area contributed by atoms with E-state index >= 15 is 0 Å². The number of nitrogens with zero attached hydrogens (tertiary/aromatic N) is 2. The number of hydrogen-bond acceptors (Lipinski definition) is 5. The minimum absolute atomic E-state index is 0.0231. The van der Waals surface area contributed by atoms with E-state index in [1.807, 2.05) is 6.92 Å². The van der Waals surface area contributed by atoms with Crippen molar-refractivity contribution in [1.29, 1.82) is 0 Å². The molecular formula is C12H15ClN2O4. The van der Waals surface area contributed by atoms with E-state index in [0.29, 0.717) is 38.5 Å². The molecule has 1 saturated heterocycles. The van der Waals surface area contributed by atoms with Gasteiger partial charge in [-0.15, -0.1) is 0 Å². The van der Waals surface area contributed by atoms with Crippen molar-refractivity contribution in [3.05, 3.63) is 22.7 Å². The average molecular weight is 287 g/mol. The molecule has 1 N–H and O–H groups in total. The van der Waals surface area contributed by atoms with E-state index in [-0.39, 0.29) is 10.7 Å². The Morgan fingerprint density at radius 2 is 2.26 bits per heavy atom. The van der Waals surface area contributed by atoms with Crippen LogP contribution in [0.3, 0.4) is 0 Å². The second-order valence-corrected chi connectivity index (χ2v) is 4.64. The van der Waals surface area contributed by atoms with Crippen molar-refractivity contribution in [2.24, 2.45) is 0 Å². The summed E-state index contributed by atoms with van der Waals surface area (Å²) in [5, 5.41) is 9.09. The van der Waals surface area contributed by atoms with Crippen LogP contribution in [0.4, 0.5) is 0 Å². The van der Waals surface area contributed by atoms with Crippen LogP contribution in [0.25, 0.3) is 0 Å². The summed E-state index contributed by atoms with van der Waals surface area (Å²) in [6.45, 7) is 3.45. The van der Waals surface area contributed by atoms with Crippen LogP contribution in [0.15, 0.2) is 6.20 Å². The monoisotopic (exact) mass is 286 g/mol. The zero-order chi connectivity index (χ0) is 13.9. The molecule has 1 fully saturated rings. The van der Waals surface area contributed by atoms with Gasteiger partial charge in [0.1, 0.15) is 5.60 Å². The predicted octanol–water partition coefficient (Wildman–Crippen LogP) is 1.87. The molecule has 1 aromatic heterocycles. The van der Waals surface area contributed by atoms with Crippen LogP contribution >= 0.6 is 11.6 Å². The number of aromatic carboxylic acids is 1. The molecule has 104 valence electrons. The highest BCUT2D eigenvalue weighted by Crippen LogP contribution is 2.34. The average Bonchev–Trinajstić information content (AvgIpc) is 2.40. The lowest BCUT2D eigenvalue weighted by Gasteiger charge is -2.35. The van der Waals surface area contributed by atoms with Crippen LogP contribution < -0.4 is 0 Å². The third kappa shape index (κ3) is 2.86. The summed E-state index contributed by atoms with van der Waals surface area (Å²) in [5.41, 5.74) is -0.876. The maximum atomic E-state index is 11.1. The lowest BCUT2D eigenvalue weighted by Crippen LogP contribution is -2.38. The number of rotatable bonds is 4. The lowest BCUT2D eigenvalue weighted by molar-refractivity contribution is -0.117. The van der Waals surface area contributed by atoms with Gasteiger partial charge in [0.05, 0.1) is 11.2 Å². The van der Waals surface area contributed by atoms with Crippen molar-refractivity contribution in [2.45, 2.75) is 25.4 Å². The van der Waals surface area contributed by atoms with Gasteiger partial charge in [0.15, 0.2) is 11.5 Å². The summed E-state index contributed by atoms with van der Waals surface area (Å²) in [6.07, 6.45) is 2.51. The molecule has 6 nitrogen and oxygen atoms in total. The molecule has 19 heavy (non-hydrogen) atoms. The van der Waals surface area contributed by atoms with Gasteiger partial charge < -0.3 is 14.6 Å². The molecular weight excluding hydrogens is 272 g/mol. The van der Waals surface area contributed by atoms with E-state index in [9.17, 15) is 4.79 Å². The Kier molecular flexibility index (Phi) is 4.34. The lowest BCUT2D eigenvalue weighted by atomic mass is 9.93. The van der Waals surface area contributed by atoms with E-state index in [0.717, 1.165) is 0 Å². The summed E-state index contributed by atoms with van der Waals surface area (Å²) in [5.74, 6) is -0.813. The van der Waals surface area contributed by atoms with Crippen molar-refractivity contribution >= 4 is 17.6 Å². The summed E-state index contributed by atoms with van der Waals surface area (Å²) < 4.78 is 11.1. The van der Waals surface area contributed by atoms with Gasteiger partial charge >= 0.3 is 5.97 Å². The van der Waals surface area contributed by atoms with Gasteiger partial charge in [0.2, 0.25) is 0 Å². The number of ether oxygens (including phenoxy) is 2. The quantitative estimate of drug-likeness (QED) is 0.910. The number of halogens is 1. The van der Waals surface area contributed by atoms with Gasteiger partial charge in [-0.25, -0.2) is 14.8 Å². The smallest absolute Gasteiger partial charge is 0.356 e. The zero-order valence-corrected chi connectivity index (χ0v) is 11.3. The normalized spacial score (nSPS) is 18.2. The van der Waals surface area contributed by atoms with Crippen molar-refractivity contribution in [1.82, 2.24) is 9.97 Å². The molecule has 1 aliphatic heterocycles. The molecule has 0 bridgehead atoms. The number of aromatic nitrogens is 2. The Hall–Kier alpha value is -1.24. The van der Waals surface area contributed by atoms with Crippen LogP contribution in [0.1, 0.15) is 36.1 Å². The molecule has 2 rings (SSSR count). The SMILES string of the molecule is CCOC1(c2ncc(Cl)c(C(=O)O)n2)CCOCC1. The van der Waals surface area contributed by atoms with Gasteiger partial charge in [-0.3, -0.25) is 0 Å². The van der Waals surface area contributed by atoms with Crippen molar-refractivity contribution < 1.29 is 19.4 Å². The molecule has 7 heteroatoms. The predicted molar refractivity (Wildman–Crippen MR) is 67.4 cm³/mol. The summed E-state index contributed by atoms with van der Waals surface area (Å²) >= 11 is 5.78. The maximum Gasteiger partial charge on any atom is 0.356 e. The number of carboxylic acid groups (broad SMARTS) is 1. The molecule has 1 aliphatic rings. The molecule has 0 unspecified atom stereocenters. The molecule has 0 saturated carbocycles. The Bertz CT molecular complexity index is 469. The Balaban J connectivity index is 2.41. The first-order valence-electron chi connectivity index (χ1n) is 6.07. The van der Waals surface area contributed by atoms with E-state index < -0.39 is 11.6 Å². The minimum Gasteiger partial charge on any atom is -0.476 e. The molecule has 0 aromatic carbocycles. The van der Waals surface area contributed by atoms with Crippen LogP contribution in [-0.4, -0.2) is 40.9 Å². The largest absolute Gasteiger partial charge is 0.476 e. The number of carboxylic acids is 1. The highest BCUT2D eigenvalue weighted by molar-refractivity contribution is 6.33. The van der Waals surface area contributed by atoms with E-state index in [1.165, 1.54) is 6.20 Å². The first-order chi connectivity index (χ1) is 9.09. The molecule has 2 heterocycles. The number of carbonyl (C=O) groups is 1. The fourth-order valence-electron chi connectivity index (χ4n) is 2.15. The van der Waals surface area contributed by atoms with Gasteiger partial charge in [-0.05, 0) is 6.92 Å². The van der Waals surface area contributed by atoms with Crippen molar-refractivity contribution in [3.8, 4) is 0 Å². The first-order valence-corrected chi connectivity index (χ1v) is 6.45. The summed E-state index contributed by atoms with van der Waals surface area (Å²) in [4.78, 5) is 19.3. The molecule has 0 aliphatic carbocycles.